The van der Waals surface area contributed by atoms with Crippen molar-refractivity contribution in [3.8, 4) is 0 Å². The molecule has 3 N–H and O–H groups in total. The summed E-state index contributed by atoms with van der Waals surface area (Å²) in [4.78, 5) is 20.7. The van der Waals surface area contributed by atoms with Gasteiger partial charge < -0.3 is 19.8 Å². The Bertz CT molecular complexity index is 421. The molecule has 0 aliphatic rings. The molecule has 3 atom stereocenters. The summed E-state index contributed by atoms with van der Waals surface area (Å²) in [6.07, 6.45) is 2.03. The fourth-order valence-electron chi connectivity index (χ4n) is 1.46. The summed E-state index contributed by atoms with van der Waals surface area (Å²) in [6.45, 7) is 3.23. The van der Waals surface area contributed by atoms with Crippen molar-refractivity contribution in [2.75, 3.05) is 40.9 Å². The molecule has 0 rings (SSSR count). The molecule has 0 saturated heterocycles. The molecule has 0 aliphatic carbocycles. The lowest BCUT2D eigenvalue weighted by Crippen LogP contribution is -2.44. The first-order valence-electron chi connectivity index (χ1n) is 6.97. The van der Waals surface area contributed by atoms with Crippen LogP contribution in [0.3, 0.4) is 0 Å². The second-order valence-electron chi connectivity index (χ2n) is 5.93. The van der Waals surface area contributed by atoms with Crippen LogP contribution in [0.15, 0.2) is 12.2 Å². The van der Waals surface area contributed by atoms with Gasteiger partial charge in [0.25, 0.3) is 0 Å². The maximum absolute atomic E-state index is 11.8. The molecule has 0 aromatic heterocycles. The number of carbonyl (C=O) groups excluding carboxylic acids is 1. The Morgan fingerprint density at radius 2 is 1.95 bits per heavy atom. The van der Waals surface area contributed by atoms with E-state index >= 15 is 0 Å². The Hall–Kier alpha value is -0.760. The van der Waals surface area contributed by atoms with Gasteiger partial charge >= 0.3 is 7.82 Å². The van der Waals surface area contributed by atoms with E-state index in [0.29, 0.717) is 11.0 Å². The predicted molar refractivity (Wildman–Crippen MR) is 83.1 cm³/mol. The average molecular weight is 339 g/mol. The van der Waals surface area contributed by atoms with Crippen LogP contribution in [0.4, 0.5) is 0 Å². The van der Waals surface area contributed by atoms with Gasteiger partial charge in [0.2, 0.25) is 5.91 Å². The van der Waals surface area contributed by atoms with Crippen LogP contribution in [-0.4, -0.2) is 73.4 Å². The summed E-state index contributed by atoms with van der Waals surface area (Å²) in [7, 11) is 1.54. The highest BCUT2D eigenvalue weighted by Gasteiger charge is 2.27. The Kier molecular flexibility index (Phi) is 9.07. The molecule has 1 amide bonds. The number of carbonyl (C=O) groups is 1. The van der Waals surface area contributed by atoms with E-state index in [2.05, 4.69) is 5.32 Å². The molecule has 0 aliphatic heterocycles. The van der Waals surface area contributed by atoms with Crippen LogP contribution in [0.5, 0.6) is 0 Å². The van der Waals surface area contributed by atoms with Crippen molar-refractivity contribution >= 4 is 13.7 Å². The molecule has 0 aromatic rings. The van der Waals surface area contributed by atoms with Gasteiger partial charge in [-0.1, -0.05) is 12.2 Å². The minimum Gasteiger partial charge on any atom is -0.387 e. The topological polar surface area (TPSA) is 105 Å². The maximum Gasteiger partial charge on any atom is 0.472 e. The first kappa shape index (κ1) is 21.2. The van der Waals surface area contributed by atoms with Crippen molar-refractivity contribution in [2.24, 2.45) is 0 Å². The monoisotopic (exact) mass is 339 g/mol. The number of hydrogen-bond donors (Lipinski definition) is 3. The zero-order valence-electron chi connectivity index (χ0n) is 13.9. The molecule has 22 heavy (non-hydrogen) atoms. The summed E-state index contributed by atoms with van der Waals surface area (Å²) >= 11 is 0. The first-order chi connectivity index (χ1) is 9.97. The fraction of sp³-hybridized carbons (Fsp3) is 0.769. The third kappa shape index (κ3) is 10.9. The Balaban J connectivity index is 4.48. The van der Waals surface area contributed by atoms with E-state index in [9.17, 15) is 19.4 Å². The van der Waals surface area contributed by atoms with Gasteiger partial charge in [0.1, 0.15) is 13.2 Å². The summed E-state index contributed by atoms with van der Waals surface area (Å²) < 4.78 is 22.0. The first-order valence-corrected chi connectivity index (χ1v) is 8.46. The van der Waals surface area contributed by atoms with Gasteiger partial charge in [0.15, 0.2) is 0 Å². The molecule has 130 valence electrons. The highest BCUT2D eigenvalue weighted by Crippen LogP contribution is 2.43. The zero-order valence-corrected chi connectivity index (χ0v) is 14.7. The van der Waals surface area contributed by atoms with Crippen LogP contribution in [-0.2, 0) is 18.4 Å². The minimum atomic E-state index is -4.23. The summed E-state index contributed by atoms with van der Waals surface area (Å²) in [5.41, 5.74) is 0. The second-order valence-corrected chi connectivity index (χ2v) is 7.39. The number of hydrogen-bond acceptors (Lipinski definition) is 5. The lowest BCUT2D eigenvalue weighted by Gasteiger charge is -2.25. The van der Waals surface area contributed by atoms with Crippen LogP contribution in [0.1, 0.15) is 13.8 Å². The number of nitrogens with one attached hydrogen (secondary N) is 1. The molecule has 3 unspecified atom stereocenters. The molecule has 0 fully saturated rings. The lowest BCUT2D eigenvalue weighted by molar-refractivity contribution is -0.870. The van der Waals surface area contributed by atoms with Crippen molar-refractivity contribution in [1.29, 1.82) is 0 Å². The Morgan fingerprint density at radius 3 is 2.41 bits per heavy atom. The summed E-state index contributed by atoms with van der Waals surface area (Å²) in [5, 5.41) is 12.3. The molecule has 0 bridgehead atoms. The fourth-order valence-corrected chi connectivity index (χ4v) is 2.20. The van der Waals surface area contributed by atoms with Crippen LogP contribution >= 0.6 is 7.82 Å². The van der Waals surface area contributed by atoms with E-state index in [0.717, 1.165) is 0 Å². The van der Waals surface area contributed by atoms with Gasteiger partial charge in [0, 0.05) is 6.92 Å². The van der Waals surface area contributed by atoms with E-state index in [4.69, 9.17) is 9.05 Å². The Morgan fingerprint density at radius 1 is 1.36 bits per heavy atom. The van der Waals surface area contributed by atoms with Crippen molar-refractivity contribution in [2.45, 2.75) is 26.0 Å². The number of amides is 1. The highest BCUT2D eigenvalue weighted by atomic mass is 31.2. The normalized spacial score (nSPS) is 18.0. The van der Waals surface area contributed by atoms with Gasteiger partial charge in [-0.3, -0.25) is 13.8 Å². The number of aliphatic hydroxyl groups is 1. The average Bonchev–Trinajstić information content (AvgIpc) is 2.32. The number of likely N-dealkylation sites (N-methyl/N-ethyl adjacent to an activating group) is 1. The number of allylic oxidation sites excluding steroid dienone is 1. The van der Waals surface area contributed by atoms with Crippen molar-refractivity contribution < 1.29 is 32.9 Å². The maximum atomic E-state index is 11.8. The zero-order chi connectivity index (χ0) is 17.4. The number of quaternary nitrogens is 1. The van der Waals surface area contributed by atoms with Gasteiger partial charge in [-0.05, 0) is 6.92 Å². The van der Waals surface area contributed by atoms with E-state index in [1.165, 1.54) is 13.0 Å². The smallest absolute Gasteiger partial charge is 0.387 e. The van der Waals surface area contributed by atoms with Crippen LogP contribution in [0.25, 0.3) is 0 Å². The SMILES string of the molecule is CC=CC(O)C(COP(=O)(O)OCC[N+](C)(C)C)NC(C)=O. The molecule has 0 heterocycles. The number of aliphatic hydroxyl groups excluding tert-OH is 1. The lowest BCUT2D eigenvalue weighted by atomic mass is 10.1. The largest absolute Gasteiger partial charge is 0.472 e. The van der Waals surface area contributed by atoms with Crippen molar-refractivity contribution in [3.63, 3.8) is 0 Å². The number of phosphoric ester groups is 1. The molecular weight excluding hydrogens is 311 g/mol. The van der Waals surface area contributed by atoms with Gasteiger partial charge in [-0.15, -0.1) is 0 Å². The van der Waals surface area contributed by atoms with E-state index < -0.39 is 20.0 Å². The van der Waals surface area contributed by atoms with E-state index in [1.807, 2.05) is 21.1 Å². The van der Waals surface area contributed by atoms with Gasteiger partial charge in [-0.2, -0.15) is 0 Å². The second kappa shape index (κ2) is 9.39. The van der Waals surface area contributed by atoms with Crippen molar-refractivity contribution in [3.05, 3.63) is 12.2 Å². The summed E-state index contributed by atoms with van der Waals surface area (Å²) in [5.74, 6) is -0.379. The molecule has 0 aromatic carbocycles. The van der Waals surface area contributed by atoms with Crippen molar-refractivity contribution in [1.82, 2.24) is 5.32 Å². The predicted octanol–water partition coefficient (Wildman–Crippen LogP) is 0.268. The third-order valence-electron chi connectivity index (χ3n) is 2.62. The molecule has 8 nitrogen and oxygen atoms in total. The number of phosphoric acid groups is 1. The molecule has 0 saturated carbocycles. The standard InChI is InChI=1S/C13H27N2O6P/c1-6-7-13(17)12(14-11(2)16)10-21-22(18,19)20-9-8-15(3,4)5/h6-7,12-13,17H,8-10H2,1-5H3,(H-,14,16,18,19)/p+1. The van der Waals surface area contributed by atoms with Crippen LogP contribution in [0, 0.1) is 0 Å². The van der Waals surface area contributed by atoms with E-state index in [1.54, 1.807) is 13.0 Å². The molecule has 0 spiro atoms. The highest BCUT2D eigenvalue weighted by molar-refractivity contribution is 7.47. The summed E-state index contributed by atoms with van der Waals surface area (Å²) in [6, 6.07) is -0.837. The molecule has 9 heteroatoms. The van der Waals surface area contributed by atoms with Gasteiger partial charge in [0.05, 0.1) is 39.9 Å². The van der Waals surface area contributed by atoms with E-state index in [-0.39, 0.29) is 19.1 Å². The van der Waals surface area contributed by atoms with Gasteiger partial charge in [-0.25, -0.2) is 4.57 Å². The number of nitrogens with zero attached hydrogens (tertiary/aromatic N) is 1. The molecule has 0 radical (unpaired) electrons. The van der Waals surface area contributed by atoms with Crippen LogP contribution < -0.4 is 5.32 Å². The minimum absolute atomic E-state index is 0.0551. The Labute approximate surface area is 131 Å². The van der Waals surface area contributed by atoms with Crippen LogP contribution in [0.2, 0.25) is 0 Å². The number of rotatable bonds is 10. The third-order valence-corrected chi connectivity index (χ3v) is 3.61. The molecular formula is C13H28N2O6P+. The quantitative estimate of drug-likeness (QED) is 0.300.